The molecule has 0 unspecified atom stereocenters. The Labute approximate surface area is 161 Å². The first kappa shape index (κ1) is 16.9. The second kappa shape index (κ2) is 6.45. The van der Waals surface area contributed by atoms with Crippen molar-refractivity contribution in [1.29, 1.82) is 0 Å². The van der Waals surface area contributed by atoms with Gasteiger partial charge in [0.15, 0.2) is 0 Å². The van der Waals surface area contributed by atoms with Crippen molar-refractivity contribution in [2.45, 2.75) is 43.7 Å². The number of aromatic amines is 1. The van der Waals surface area contributed by atoms with Crippen LogP contribution >= 0.6 is 11.3 Å². The third-order valence-electron chi connectivity index (χ3n) is 5.75. The van der Waals surface area contributed by atoms with Crippen molar-refractivity contribution in [2.75, 3.05) is 19.7 Å². The van der Waals surface area contributed by atoms with Gasteiger partial charge in [-0.05, 0) is 37.3 Å². The van der Waals surface area contributed by atoms with Crippen molar-refractivity contribution in [2.24, 2.45) is 0 Å². The fourth-order valence-corrected chi connectivity index (χ4v) is 5.18. The van der Waals surface area contributed by atoms with E-state index < -0.39 is 0 Å². The molecule has 1 saturated heterocycles. The third kappa shape index (κ3) is 3.06. The molecule has 2 fully saturated rings. The first-order valence-corrected chi connectivity index (χ1v) is 10.3. The van der Waals surface area contributed by atoms with Gasteiger partial charge in [-0.2, -0.15) is 5.10 Å². The Bertz CT molecular complexity index is 864. The first-order chi connectivity index (χ1) is 13.1. The smallest absolute Gasteiger partial charge is 0.261 e. The molecule has 7 nitrogen and oxygen atoms in total. The molecule has 2 aromatic heterocycles. The van der Waals surface area contributed by atoms with Crippen molar-refractivity contribution >= 4 is 23.2 Å². The van der Waals surface area contributed by atoms with Crippen molar-refractivity contribution in [1.82, 2.24) is 20.4 Å². The average molecular weight is 386 g/mol. The highest BCUT2D eigenvalue weighted by Gasteiger charge is 2.43. The molecule has 1 saturated carbocycles. The van der Waals surface area contributed by atoms with Crippen LogP contribution in [-0.2, 0) is 16.8 Å². The number of likely N-dealkylation sites (tertiary alicyclic amines) is 1. The Morgan fingerprint density at radius 3 is 2.85 bits per heavy atom. The summed E-state index contributed by atoms with van der Waals surface area (Å²) < 4.78 is 6.26. The molecule has 2 amide bonds. The average Bonchev–Trinajstić information content (AvgIpc) is 3.16. The number of nitrogens with zero attached hydrogens (tertiary/aromatic N) is 2. The van der Waals surface area contributed by atoms with Crippen molar-refractivity contribution in [3.63, 3.8) is 0 Å². The summed E-state index contributed by atoms with van der Waals surface area (Å²) in [6, 6.07) is 2.39. The summed E-state index contributed by atoms with van der Waals surface area (Å²) in [6.07, 6.45) is 7.73. The highest BCUT2D eigenvalue weighted by Crippen LogP contribution is 2.44. The number of aromatic nitrogens is 2. The second-order valence-electron chi connectivity index (χ2n) is 7.57. The van der Waals surface area contributed by atoms with Crippen LogP contribution in [0.3, 0.4) is 0 Å². The monoisotopic (exact) mass is 386 g/mol. The summed E-state index contributed by atoms with van der Waals surface area (Å²) in [5.74, 6) is 0.0454. The van der Waals surface area contributed by atoms with Crippen LogP contribution in [0.25, 0.3) is 0 Å². The van der Waals surface area contributed by atoms with Gasteiger partial charge in [-0.1, -0.05) is 0 Å². The fourth-order valence-electron chi connectivity index (χ4n) is 4.05. The predicted molar refractivity (Wildman–Crippen MR) is 99.9 cm³/mol. The number of ether oxygens (including phenoxy) is 1. The minimum atomic E-state index is -0.366. The van der Waals surface area contributed by atoms with Gasteiger partial charge in [-0.3, -0.25) is 14.7 Å². The number of thiophene rings is 1. The molecule has 27 heavy (non-hydrogen) atoms. The molecule has 1 spiro atoms. The SMILES string of the molecule is O=C(NC1CC1)c1cc2c(s1)CCOC21CCN(C(=O)c2cn[nH]c2)CC1. The summed E-state index contributed by atoms with van der Waals surface area (Å²) in [5.41, 5.74) is 1.39. The molecule has 0 aromatic carbocycles. The maximum absolute atomic E-state index is 12.6. The summed E-state index contributed by atoms with van der Waals surface area (Å²) in [4.78, 5) is 28.9. The summed E-state index contributed by atoms with van der Waals surface area (Å²) in [6.45, 7) is 1.96. The lowest BCUT2D eigenvalue weighted by molar-refractivity contribution is -0.0926. The van der Waals surface area contributed by atoms with E-state index in [2.05, 4.69) is 15.5 Å². The molecule has 0 atom stereocenters. The number of amides is 2. The molecule has 142 valence electrons. The van der Waals surface area contributed by atoms with Gasteiger partial charge in [0.1, 0.15) is 0 Å². The number of hydrogen-bond acceptors (Lipinski definition) is 5. The van der Waals surface area contributed by atoms with E-state index in [1.165, 1.54) is 4.88 Å². The normalized spacial score (nSPS) is 21.1. The zero-order chi connectivity index (χ0) is 18.4. The number of hydrogen-bond donors (Lipinski definition) is 2. The molecule has 0 bridgehead atoms. The second-order valence-corrected chi connectivity index (χ2v) is 8.70. The number of H-pyrrole nitrogens is 1. The van der Waals surface area contributed by atoms with E-state index in [1.54, 1.807) is 23.7 Å². The van der Waals surface area contributed by atoms with Gasteiger partial charge in [-0.25, -0.2) is 0 Å². The zero-order valence-corrected chi connectivity index (χ0v) is 15.8. The predicted octanol–water partition coefficient (Wildman–Crippen LogP) is 2.07. The van der Waals surface area contributed by atoms with E-state index in [9.17, 15) is 9.59 Å². The van der Waals surface area contributed by atoms with Crippen molar-refractivity contribution < 1.29 is 14.3 Å². The number of nitrogens with one attached hydrogen (secondary N) is 2. The molecule has 8 heteroatoms. The molecule has 3 aliphatic rings. The van der Waals surface area contributed by atoms with Crippen LogP contribution in [0, 0.1) is 0 Å². The van der Waals surface area contributed by atoms with E-state index in [4.69, 9.17) is 4.74 Å². The Morgan fingerprint density at radius 1 is 1.33 bits per heavy atom. The summed E-state index contributed by atoms with van der Waals surface area (Å²) in [5, 5.41) is 9.63. The lowest BCUT2D eigenvalue weighted by Crippen LogP contribution is -2.48. The number of rotatable bonds is 3. The number of piperidine rings is 1. The van der Waals surface area contributed by atoms with Gasteiger partial charge in [0.25, 0.3) is 11.8 Å². The van der Waals surface area contributed by atoms with Crippen molar-refractivity contribution in [3.8, 4) is 0 Å². The minimum absolute atomic E-state index is 0.00412. The molecule has 0 radical (unpaired) electrons. The van der Waals surface area contributed by atoms with Gasteiger partial charge >= 0.3 is 0 Å². The molecule has 2 aliphatic heterocycles. The lowest BCUT2D eigenvalue weighted by Gasteiger charge is -2.44. The van der Waals surface area contributed by atoms with E-state index in [1.807, 2.05) is 11.0 Å². The minimum Gasteiger partial charge on any atom is -0.370 e. The van der Waals surface area contributed by atoms with E-state index >= 15 is 0 Å². The quantitative estimate of drug-likeness (QED) is 0.845. The van der Waals surface area contributed by atoms with Crippen LogP contribution in [0.5, 0.6) is 0 Å². The molecule has 2 aromatic rings. The van der Waals surface area contributed by atoms with Gasteiger partial charge in [0.05, 0.1) is 28.8 Å². The number of carbonyl (C=O) groups is 2. The Kier molecular flexibility index (Phi) is 4.05. The van der Waals surface area contributed by atoms with E-state index in [-0.39, 0.29) is 17.4 Å². The van der Waals surface area contributed by atoms with Crippen molar-refractivity contribution in [3.05, 3.63) is 39.3 Å². The zero-order valence-electron chi connectivity index (χ0n) is 15.0. The first-order valence-electron chi connectivity index (χ1n) is 9.51. The van der Waals surface area contributed by atoms with E-state index in [0.29, 0.717) is 31.3 Å². The molecular formula is C19H22N4O3S. The largest absolute Gasteiger partial charge is 0.370 e. The highest BCUT2D eigenvalue weighted by molar-refractivity contribution is 7.14. The standard InChI is InChI=1S/C19H22N4O3S/c24-17(22-13-1-2-13)16-9-14-15(27-16)3-8-26-19(14)4-6-23(7-5-19)18(25)12-10-20-21-11-12/h9-11,13H,1-8H2,(H,20,21)(H,22,24). The third-order valence-corrected chi connectivity index (χ3v) is 6.94. The maximum Gasteiger partial charge on any atom is 0.261 e. The number of carbonyl (C=O) groups excluding carboxylic acids is 2. The van der Waals surface area contributed by atoms with Crippen LogP contribution in [0.2, 0.25) is 0 Å². The summed E-state index contributed by atoms with van der Waals surface area (Å²) in [7, 11) is 0. The maximum atomic E-state index is 12.6. The van der Waals surface area contributed by atoms with E-state index in [0.717, 1.165) is 42.5 Å². The molecular weight excluding hydrogens is 364 g/mol. The van der Waals surface area contributed by atoms with Crippen LogP contribution in [-0.4, -0.2) is 52.6 Å². The topological polar surface area (TPSA) is 87.3 Å². The van der Waals surface area contributed by atoms with Gasteiger partial charge in [0, 0.05) is 36.6 Å². The number of fused-ring (bicyclic) bond motifs is 2. The highest BCUT2D eigenvalue weighted by atomic mass is 32.1. The molecule has 1 aliphatic carbocycles. The Hall–Kier alpha value is -2.19. The van der Waals surface area contributed by atoms with Gasteiger partial charge in [-0.15, -0.1) is 11.3 Å². The molecule has 5 rings (SSSR count). The lowest BCUT2D eigenvalue weighted by atomic mass is 9.82. The Balaban J connectivity index is 1.34. The van der Waals surface area contributed by atoms with Crippen LogP contribution in [0.1, 0.15) is 56.2 Å². The summed E-state index contributed by atoms with van der Waals surface area (Å²) >= 11 is 1.60. The Morgan fingerprint density at radius 2 is 2.15 bits per heavy atom. The molecule has 4 heterocycles. The van der Waals surface area contributed by atoms with Gasteiger partial charge in [0.2, 0.25) is 0 Å². The van der Waals surface area contributed by atoms with Gasteiger partial charge < -0.3 is 15.0 Å². The van der Waals surface area contributed by atoms with Crippen LogP contribution < -0.4 is 5.32 Å². The van der Waals surface area contributed by atoms with Crippen LogP contribution in [0.15, 0.2) is 18.5 Å². The van der Waals surface area contributed by atoms with Crippen LogP contribution in [0.4, 0.5) is 0 Å². The molecule has 2 N–H and O–H groups in total. The fraction of sp³-hybridized carbons (Fsp3) is 0.526.